The number of allylic oxidation sites excluding steroid dienone is 1. The fraction of sp³-hybridized carbons (Fsp3) is 0.778. The molecule has 0 aromatic heterocycles. The Morgan fingerprint density at radius 1 is 1.36 bits per heavy atom. The molecule has 1 nitrogen and oxygen atoms in total. The zero-order chi connectivity index (χ0) is 8.53. The maximum Gasteiger partial charge on any atom is 0.0163 e. The van der Waals surface area contributed by atoms with Crippen molar-refractivity contribution in [2.24, 2.45) is 0 Å². The zero-order valence-electron chi connectivity index (χ0n) is 7.52. The summed E-state index contributed by atoms with van der Waals surface area (Å²) in [5.74, 6) is 0. The van der Waals surface area contributed by atoms with Crippen LogP contribution in [-0.2, 0) is 0 Å². The normalized spacial score (nSPS) is 11.6. The van der Waals surface area contributed by atoms with E-state index in [9.17, 15) is 0 Å². The summed E-state index contributed by atoms with van der Waals surface area (Å²) in [6.45, 7) is 7.74. The molecule has 0 aromatic rings. The van der Waals surface area contributed by atoms with Gasteiger partial charge in [-0.15, -0.1) is 0 Å². The third-order valence-electron chi connectivity index (χ3n) is 1.54. The molecule has 0 aliphatic heterocycles. The Bertz CT molecular complexity index is 95.7. The number of alkyl halides is 1. The third-order valence-corrected chi connectivity index (χ3v) is 1.89. The maximum atomic E-state index is 3.45. The second-order valence-electron chi connectivity index (χ2n) is 2.56. The first-order valence-electron chi connectivity index (χ1n) is 4.24. The minimum Gasteiger partial charge on any atom is -0.299 e. The molecule has 0 aliphatic rings. The molecule has 0 saturated heterocycles. The molecule has 0 rings (SSSR count). The molecule has 2 heteroatoms. The summed E-state index contributed by atoms with van der Waals surface area (Å²) in [5.41, 5.74) is 0. The van der Waals surface area contributed by atoms with Crippen LogP contribution in [0.5, 0.6) is 0 Å². The van der Waals surface area contributed by atoms with Crippen LogP contribution < -0.4 is 0 Å². The Labute approximate surface area is 78.6 Å². The standard InChI is InChI=1S/C9H18BrN/c1-3-5-8-11(7-4-2)9-6-10/h3,5H,4,6-9H2,1-2H3/b5-3+. The average Bonchev–Trinajstić information content (AvgIpc) is 2.01. The van der Waals surface area contributed by atoms with Gasteiger partial charge in [-0.05, 0) is 19.9 Å². The van der Waals surface area contributed by atoms with E-state index in [-0.39, 0.29) is 0 Å². The van der Waals surface area contributed by atoms with E-state index in [1.165, 1.54) is 13.0 Å². The molecule has 0 aromatic carbocycles. The number of hydrogen-bond acceptors (Lipinski definition) is 1. The van der Waals surface area contributed by atoms with Crippen LogP contribution in [0.1, 0.15) is 20.3 Å². The summed E-state index contributed by atoms with van der Waals surface area (Å²) < 4.78 is 0. The van der Waals surface area contributed by atoms with E-state index in [1.807, 2.05) is 0 Å². The highest BCUT2D eigenvalue weighted by atomic mass is 79.9. The van der Waals surface area contributed by atoms with Gasteiger partial charge in [0, 0.05) is 18.4 Å². The predicted octanol–water partition coefficient (Wildman–Crippen LogP) is 2.67. The molecule has 0 atom stereocenters. The fourth-order valence-electron chi connectivity index (χ4n) is 0.985. The molecule has 0 heterocycles. The van der Waals surface area contributed by atoms with Crippen LogP contribution in [0.2, 0.25) is 0 Å². The largest absolute Gasteiger partial charge is 0.299 e. The van der Waals surface area contributed by atoms with Crippen molar-refractivity contribution in [2.75, 3.05) is 25.0 Å². The minimum atomic E-state index is 1.07. The highest BCUT2D eigenvalue weighted by Gasteiger charge is 1.98. The van der Waals surface area contributed by atoms with E-state index in [4.69, 9.17) is 0 Å². The van der Waals surface area contributed by atoms with Gasteiger partial charge in [-0.1, -0.05) is 35.0 Å². The van der Waals surface area contributed by atoms with Gasteiger partial charge in [-0.3, -0.25) is 4.90 Å². The molecule has 0 amide bonds. The van der Waals surface area contributed by atoms with Crippen LogP contribution in [0.4, 0.5) is 0 Å². The Kier molecular flexibility index (Phi) is 8.41. The second-order valence-corrected chi connectivity index (χ2v) is 3.35. The molecule has 0 aliphatic carbocycles. The molecule has 0 radical (unpaired) electrons. The maximum absolute atomic E-state index is 3.45. The predicted molar refractivity (Wildman–Crippen MR) is 55.3 cm³/mol. The minimum absolute atomic E-state index is 1.07. The van der Waals surface area contributed by atoms with Gasteiger partial charge in [0.25, 0.3) is 0 Å². The monoisotopic (exact) mass is 219 g/mol. The number of rotatable bonds is 6. The lowest BCUT2D eigenvalue weighted by atomic mass is 10.4. The number of nitrogens with zero attached hydrogens (tertiary/aromatic N) is 1. The van der Waals surface area contributed by atoms with Crippen molar-refractivity contribution in [1.29, 1.82) is 0 Å². The summed E-state index contributed by atoms with van der Waals surface area (Å²) in [5, 5.41) is 1.07. The van der Waals surface area contributed by atoms with Gasteiger partial charge >= 0.3 is 0 Å². The van der Waals surface area contributed by atoms with Crippen molar-refractivity contribution in [3.8, 4) is 0 Å². The van der Waals surface area contributed by atoms with Crippen LogP contribution >= 0.6 is 15.9 Å². The lowest BCUT2D eigenvalue weighted by Crippen LogP contribution is -2.26. The Morgan fingerprint density at radius 3 is 2.55 bits per heavy atom. The molecule has 0 unspecified atom stereocenters. The van der Waals surface area contributed by atoms with Crippen molar-refractivity contribution in [1.82, 2.24) is 4.90 Å². The van der Waals surface area contributed by atoms with Gasteiger partial charge in [0.2, 0.25) is 0 Å². The molecule has 0 spiro atoms. The van der Waals surface area contributed by atoms with Crippen LogP contribution in [0.25, 0.3) is 0 Å². The van der Waals surface area contributed by atoms with Crippen molar-refractivity contribution < 1.29 is 0 Å². The summed E-state index contributed by atoms with van der Waals surface area (Å²) in [4.78, 5) is 2.44. The van der Waals surface area contributed by atoms with E-state index >= 15 is 0 Å². The molecular formula is C9H18BrN. The Morgan fingerprint density at radius 2 is 2.09 bits per heavy atom. The Balaban J connectivity index is 3.50. The van der Waals surface area contributed by atoms with Crippen LogP contribution in [0.3, 0.4) is 0 Å². The smallest absolute Gasteiger partial charge is 0.0163 e. The van der Waals surface area contributed by atoms with Crippen molar-refractivity contribution in [2.45, 2.75) is 20.3 Å². The number of hydrogen-bond donors (Lipinski definition) is 0. The van der Waals surface area contributed by atoms with Crippen LogP contribution in [-0.4, -0.2) is 29.9 Å². The first-order valence-corrected chi connectivity index (χ1v) is 5.36. The zero-order valence-corrected chi connectivity index (χ0v) is 9.10. The van der Waals surface area contributed by atoms with E-state index in [2.05, 4.69) is 46.8 Å². The summed E-state index contributed by atoms with van der Waals surface area (Å²) in [7, 11) is 0. The molecule has 11 heavy (non-hydrogen) atoms. The van der Waals surface area contributed by atoms with Gasteiger partial charge in [0.15, 0.2) is 0 Å². The molecule has 66 valence electrons. The van der Waals surface area contributed by atoms with Crippen LogP contribution in [0, 0.1) is 0 Å². The molecule has 0 saturated carbocycles. The van der Waals surface area contributed by atoms with Gasteiger partial charge < -0.3 is 0 Å². The van der Waals surface area contributed by atoms with Crippen molar-refractivity contribution in [3.63, 3.8) is 0 Å². The fourth-order valence-corrected chi connectivity index (χ4v) is 1.49. The quantitative estimate of drug-likeness (QED) is 0.491. The average molecular weight is 220 g/mol. The van der Waals surface area contributed by atoms with Crippen LogP contribution in [0.15, 0.2) is 12.2 Å². The highest BCUT2D eigenvalue weighted by molar-refractivity contribution is 9.09. The van der Waals surface area contributed by atoms with Gasteiger partial charge in [0.1, 0.15) is 0 Å². The SMILES string of the molecule is C/C=C/CN(CCC)CCBr. The summed E-state index contributed by atoms with van der Waals surface area (Å²) >= 11 is 3.45. The topological polar surface area (TPSA) is 3.24 Å². The van der Waals surface area contributed by atoms with Gasteiger partial charge in [0.05, 0.1) is 0 Å². The van der Waals surface area contributed by atoms with E-state index in [0.29, 0.717) is 0 Å². The van der Waals surface area contributed by atoms with Gasteiger partial charge in [-0.2, -0.15) is 0 Å². The Hall–Kier alpha value is 0.180. The highest BCUT2D eigenvalue weighted by Crippen LogP contribution is 1.93. The van der Waals surface area contributed by atoms with Crippen molar-refractivity contribution >= 4 is 15.9 Å². The van der Waals surface area contributed by atoms with E-state index in [1.54, 1.807) is 0 Å². The van der Waals surface area contributed by atoms with E-state index < -0.39 is 0 Å². The van der Waals surface area contributed by atoms with Gasteiger partial charge in [-0.25, -0.2) is 0 Å². The lowest BCUT2D eigenvalue weighted by molar-refractivity contribution is 0.323. The lowest BCUT2D eigenvalue weighted by Gasteiger charge is -2.17. The van der Waals surface area contributed by atoms with E-state index in [0.717, 1.165) is 18.4 Å². The number of halogens is 1. The summed E-state index contributed by atoms with van der Waals surface area (Å²) in [6.07, 6.45) is 5.56. The van der Waals surface area contributed by atoms with Crippen molar-refractivity contribution in [3.05, 3.63) is 12.2 Å². The first-order chi connectivity index (χ1) is 5.35. The second kappa shape index (κ2) is 8.28. The molecule has 0 N–H and O–H groups in total. The first kappa shape index (κ1) is 11.2. The molecule has 0 fully saturated rings. The third kappa shape index (κ3) is 6.57. The molecule has 0 bridgehead atoms. The summed E-state index contributed by atoms with van der Waals surface area (Å²) in [6, 6.07) is 0. The molecular weight excluding hydrogens is 202 g/mol.